The van der Waals surface area contributed by atoms with E-state index in [9.17, 15) is 4.79 Å². The summed E-state index contributed by atoms with van der Waals surface area (Å²) in [7, 11) is 0. The van der Waals surface area contributed by atoms with E-state index in [1.807, 2.05) is 4.90 Å². The summed E-state index contributed by atoms with van der Waals surface area (Å²) in [4.78, 5) is 13.2. The summed E-state index contributed by atoms with van der Waals surface area (Å²) >= 11 is 11.6. The largest absolute Gasteiger partial charge is 0.343 e. The van der Waals surface area contributed by atoms with Gasteiger partial charge in [-0.15, -0.1) is 23.2 Å². The second kappa shape index (κ2) is 2.78. The summed E-state index contributed by atoms with van der Waals surface area (Å²) < 4.78 is -0.597. The highest BCUT2D eigenvalue weighted by Gasteiger charge is 2.52. The molecule has 0 radical (unpaired) electrons. The fourth-order valence-electron chi connectivity index (χ4n) is 1.40. The smallest absolute Gasteiger partial charge is 0.222 e. The molecule has 0 bridgehead atoms. The van der Waals surface area contributed by atoms with E-state index in [0.29, 0.717) is 6.42 Å². The Morgan fingerprint density at radius 1 is 1.50 bits per heavy atom. The molecule has 1 aliphatic carbocycles. The predicted octanol–water partition coefficient (Wildman–Crippen LogP) is 1.80. The summed E-state index contributed by atoms with van der Waals surface area (Å²) in [5.41, 5.74) is 0. The van der Waals surface area contributed by atoms with Crippen molar-refractivity contribution in [3.05, 3.63) is 0 Å². The van der Waals surface area contributed by atoms with Gasteiger partial charge in [-0.3, -0.25) is 4.79 Å². The van der Waals surface area contributed by atoms with Gasteiger partial charge in [0.15, 0.2) is 0 Å². The highest BCUT2D eigenvalue weighted by atomic mass is 35.5. The molecular weight excluding hydrogens is 197 g/mol. The number of likely N-dealkylation sites (tertiary alicyclic amines) is 1. The van der Waals surface area contributed by atoms with Crippen LogP contribution in [0.4, 0.5) is 0 Å². The molecule has 12 heavy (non-hydrogen) atoms. The molecule has 1 saturated carbocycles. The first-order valence-corrected chi connectivity index (χ1v) is 5.01. The molecule has 2 fully saturated rings. The molecule has 2 aliphatic rings. The fraction of sp³-hybridized carbons (Fsp3) is 0.875. The zero-order valence-corrected chi connectivity index (χ0v) is 8.24. The Hall–Kier alpha value is 0.0500. The van der Waals surface area contributed by atoms with Crippen LogP contribution in [-0.2, 0) is 4.79 Å². The van der Waals surface area contributed by atoms with Crippen LogP contribution in [0.25, 0.3) is 0 Å². The summed E-state index contributed by atoms with van der Waals surface area (Å²) in [6.45, 7) is 1.84. The van der Waals surface area contributed by atoms with E-state index in [0.717, 1.165) is 25.9 Å². The lowest BCUT2D eigenvalue weighted by Gasteiger charge is -2.31. The summed E-state index contributed by atoms with van der Waals surface area (Å²) in [6, 6.07) is 0. The van der Waals surface area contributed by atoms with E-state index < -0.39 is 4.33 Å². The lowest BCUT2D eigenvalue weighted by molar-refractivity contribution is -0.134. The first-order chi connectivity index (χ1) is 5.59. The molecular formula is C8H11Cl2NO. The van der Waals surface area contributed by atoms with Crippen molar-refractivity contribution in [3.63, 3.8) is 0 Å². The van der Waals surface area contributed by atoms with Crippen LogP contribution in [0.2, 0.25) is 0 Å². The molecule has 1 heterocycles. The number of rotatable bonds is 2. The van der Waals surface area contributed by atoms with Crippen molar-refractivity contribution in [3.8, 4) is 0 Å². The van der Waals surface area contributed by atoms with Crippen molar-refractivity contribution in [2.24, 2.45) is 5.92 Å². The molecule has 1 unspecified atom stereocenters. The third-order valence-electron chi connectivity index (χ3n) is 2.59. The van der Waals surface area contributed by atoms with Crippen LogP contribution in [0.5, 0.6) is 0 Å². The van der Waals surface area contributed by atoms with E-state index in [4.69, 9.17) is 23.2 Å². The van der Waals surface area contributed by atoms with E-state index >= 15 is 0 Å². The number of hydrogen-bond acceptors (Lipinski definition) is 1. The summed E-state index contributed by atoms with van der Waals surface area (Å²) in [5.74, 6) is 0.420. The van der Waals surface area contributed by atoms with Crippen molar-refractivity contribution in [1.82, 2.24) is 4.90 Å². The minimum absolute atomic E-state index is 0.203. The fourth-order valence-corrected chi connectivity index (χ4v) is 1.92. The second-order valence-corrected chi connectivity index (χ2v) is 5.14. The Morgan fingerprint density at radius 3 is 2.42 bits per heavy atom. The first-order valence-electron chi connectivity index (χ1n) is 4.25. The van der Waals surface area contributed by atoms with E-state index in [1.54, 1.807) is 0 Å². The number of amides is 1. The monoisotopic (exact) mass is 207 g/mol. The minimum atomic E-state index is -0.597. The number of nitrogens with zero attached hydrogens (tertiary/aromatic N) is 1. The van der Waals surface area contributed by atoms with Gasteiger partial charge in [-0.1, -0.05) is 0 Å². The van der Waals surface area contributed by atoms with Crippen LogP contribution in [-0.4, -0.2) is 28.2 Å². The molecule has 1 saturated heterocycles. The summed E-state index contributed by atoms with van der Waals surface area (Å²) in [6.07, 6.45) is 2.45. The van der Waals surface area contributed by atoms with Crippen molar-refractivity contribution in [2.75, 3.05) is 13.1 Å². The van der Waals surface area contributed by atoms with Gasteiger partial charge >= 0.3 is 0 Å². The third-order valence-corrected chi connectivity index (χ3v) is 3.51. The van der Waals surface area contributed by atoms with Crippen molar-refractivity contribution in [2.45, 2.75) is 23.6 Å². The van der Waals surface area contributed by atoms with Gasteiger partial charge in [0.25, 0.3) is 0 Å². The third kappa shape index (κ3) is 1.55. The van der Waals surface area contributed by atoms with Gasteiger partial charge in [-0.25, -0.2) is 0 Å². The maximum absolute atomic E-state index is 11.4. The first kappa shape index (κ1) is 8.64. The average Bonchev–Trinajstić information content (AvgIpc) is 2.33. The maximum Gasteiger partial charge on any atom is 0.222 e. The molecule has 0 N–H and O–H groups in total. The molecule has 1 aliphatic heterocycles. The maximum atomic E-state index is 11.4. The lowest BCUT2D eigenvalue weighted by Crippen LogP contribution is -2.42. The van der Waals surface area contributed by atoms with Crippen LogP contribution < -0.4 is 0 Å². The van der Waals surface area contributed by atoms with Gasteiger partial charge in [0, 0.05) is 25.4 Å². The number of carbonyl (C=O) groups is 1. The van der Waals surface area contributed by atoms with Gasteiger partial charge in [0.2, 0.25) is 5.91 Å². The van der Waals surface area contributed by atoms with Gasteiger partial charge in [-0.05, 0) is 12.8 Å². The zero-order valence-electron chi connectivity index (χ0n) is 6.72. The Balaban J connectivity index is 1.77. The Labute approximate surface area is 81.8 Å². The molecule has 2 nitrogen and oxygen atoms in total. The van der Waals surface area contributed by atoms with Gasteiger partial charge in [-0.2, -0.15) is 0 Å². The van der Waals surface area contributed by atoms with Crippen LogP contribution in [0.3, 0.4) is 0 Å². The molecule has 4 heteroatoms. The number of hydrogen-bond donors (Lipinski definition) is 0. The number of alkyl halides is 2. The van der Waals surface area contributed by atoms with Crippen LogP contribution in [0, 0.1) is 5.92 Å². The quantitative estimate of drug-likeness (QED) is 0.633. The standard InChI is InChI=1S/C8H11Cl2NO/c9-8(10)5-6(8)4-7(12)11-2-1-3-11/h6H,1-5H2. The lowest BCUT2D eigenvalue weighted by atomic mass is 10.2. The molecule has 0 aromatic rings. The SMILES string of the molecule is O=C(CC1CC1(Cl)Cl)N1CCC1. The average molecular weight is 208 g/mol. The highest BCUT2D eigenvalue weighted by Crippen LogP contribution is 2.55. The normalized spacial score (nSPS) is 31.2. The van der Waals surface area contributed by atoms with Crippen LogP contribution >= 0.6 is 23.2 Å². The van der Waals surface area contributed by atoms with E-state index in [-0.39, 0.29) is 11.8 Å². The van der Waals surface area contributed by atoms with Crippen molar-refractivity contribution in [1.29, 1.82) is 0 Å². The van der Waals surface area contributed by atoms with Gasteiger partial charge < -0.3 is 4.90 Å². The molecule has 0 aromatic carbocycles. The number of halogens is 2. The molecule has 0 aromatic heterocycles. The van der Waals surface area contributed by atoms with Crippen LogP contribution in [0.1, 0.15) is 19.3 Å². The van der Waals surface area contributed by atoms with Crippen LogP contribution in [0.15, 0.2) is 0 Å². The van der Waals surface area contributed by atoms with Crippen molar-refractivity contribution >= 4 is 29.1 Å². The van der Waals surface area contributed by atoms with Gasteiger partial charge in [0.05, 0.1) is 0 Å². The summed E-state index contributed by atoms with van der Waals surface area (Å²) in [5, 5.41) is 0. The number of carbonyl (C=O) groups excluding carboxylic acids is 1. The zero-order chi connectivity index (χ0) is 8.77. The molecule has 1 atom stereocenters. The van der Waals surface area contributed by atoms with Gasteiger partial charge in [0.1, 0.15) is 4.33 Å². The van der Waals surface area contributed by atoms with Crippen molar-refractivity contribution < 1.29 is 4.79 Å². The molecule has 2 rings (SSSR count). The molecule has 1 amide bonds. The highest BCUT2D eigenvalue weighted by molar-refractivity contribution is 6.51. The predicted molar refractivity (Wildman–Crippen MR) is 48.4 cm³/mol. The Morgan fingerprint density at radius 2 is 2.08 bits per heavy atom. The topological polar surface area (TPSA) is 20.3 Å². The minimum Gasteiger partial charge on any atom is -0.343 e. The second-order valence-electron chi connectivity index (χ2n) is 3.60. The van der Waals surface area contributed by atoms with E-state index in [1.165, 1.54) is 0 Å². The Bertz CT molecular complexity index is 213. The Kier molecular flexibility index (Phi) is 2.00. The van der Waals surface area contributed by atoms with E-state index in [2.05, 4.69) is 0 Å². The molecule has 68 valence electrons. The molecule has 0 spiro atoms.